The molecule has 0 aromatic heterocycles. The first-order valence-electron chi connectivity index (χ1n) is 9.56. The molecular formula is C20H40N2. The van der Waals surface area contributed by atoms with Crippen LogP contribution >= 0.6 is 0 Å². The fraction of sp³-hybridized carbons (Fsp3) is 1.00. The van der Waals surface area contributed by atoms with Gasteiger partial charge in [0, 0.05) is 18.1 Å². The van der Waals surface area contributed by atoms with Crippen molar-refractivity contribution in [1.82, 2.24) is 9.80 Å². The minimum absolute atomic E-state index is 0.351. The van der Waals surface area contributed by atoms with Gasteiger partial charge in [-0.3, -0.25) is 4.90 Å². The molecule has 2 aliphatic heterocycles. The lowest BCUT2D eigenvalue weighted by molar-refractivity contribution is 0.0350. The molecule has 22 heavy (non-hydrogen) atoms. The molecule has 2 atom stereocenters. The number of piperidine rings is 2. The van der Waals surface area contributed by atoms with Gasteiger partial charge in [0.25, 0.3) is 0 Å². The Morgan fingerprint density at radius 1 is 0.864 bits per heavy atom. The zero-order valence-corrected chi connectivity index (χ0v) is 16.3. The zero-order chi connectivity index (χ0) is 16.5. The van der Waals surface area contributed by atoms with Gasteiger partial charge in [-0.2, -0.15) is 0 Å². The summed E-state index contributed by atoms with van der Waals surface area (Å²) >= 11 is 0. The van der Waals surface area contributed by atoms with Crippen molar-refractivity contribution in [2.24, 2.45) is 17.3 Å². The second kappa shape index (κ2) is 6.81. The van der Waals surface area contributed by atoms with E-state index in [0.717, 1.165) is 17.9 Å². The van der Waals surface area contributed by atoms with Crippen LogP contribution in [0.3, 0.4) is 0 Å². The third-order valence-electron chi connectivity index (χ3n) is 6.29. The molecule has 2 fully saturated rings. The lowest BCUT2D eigenvalue weighted by atomic mass is 9.73. The summed E-state index contributed by atoms with van der Waals surface area (Å²) in [7, 11) is 0. The van der Waals surface area contributed by atoms with Gasteiger partial charge in [-0.05, 0) is 90.3 Å². The van der Waals surface area contributed by atoms with Gasteiger partial charge in [-0.1, -0.05) is 20.8 Å². The summed E-state index contributed by atoms with van der Waals surface area (Å²) in [5.41, 5.74) is 0.835. The Bertz CT molecular complexity index is 342. The molecule has 0 amide bonds. The van der Waals surface area contributed by atoms with E-state index < -0.39 is 0 Å². The number of nitrogens with zero attached hydrogens (tertiary/aromatic N) is 2. The predicted molar refractivity (Wildman–Crippen MR) is 97.3 cm³/mol. The average molecular weight is 309 g/mol. The van der Waals surface area contributed by atoms with Gasteiger partial charge in [0.2, 0.25) is 0 Å². The van der Waals surface area contributed by atoms with E-state index in [2.05, 4.69) is 58.3 Å². The highest BCUT2D eigenvalue weighted by Gasteiger charge is 2.34. The van der Waals surface area contributed by atoms with E-state index in [1.807, 2.05) is 0 Å². The third-order valence-corrected chi connectivity index (χ3v) is 6.29. The highest BCUT2D eigenvalue weighted by atomic mass is 15.2. The summed E-state index contributed by atoms with van der Waals surface area (Å²) in [6.45, 7) is 22.0. The first kappa shape index (κ1) is 18.3. The predicted octanol–water partition coefficient (Wildman–Crippen LogP) is 4.64. The van der Waals surface area contributed by atoms with Crippen LogP contribution in [0.5, 0.6) is 0 Å². The van der Waals surface area contributed by atoms with Crippen LogP contribution in [0.4, 0.5) is 0 Å². The van der Waals surface area contributed by atoms with Crippen molar-refractivity contribution in [3.8, 4) is 0 Å². The summed E-state index contributed by atoms with van der Waals surface area (Å²) in [6.07, 6.45) is 5.57. The highest BCUT2D eigenvalue weighted by molar-refractivity contribution is 4.88. The Labute approximate surface area is 139 Å². The van der Waals surface area contributed by atoms with Crippen LogP contribution in [0, 0.1) is 17.3 Å². The topological polar surface area (TPSA) is 6.48 Å². The van der Waals surface area contributed by atoms with E-state index in [4.69, 9.17) is 0 Å². The monoisotopic (exact) mass is 308 g/mol. The van der Waals surface area contributed by atoms with Crippen molar-refractivity contribution in [2.45, 2.75) is 85.7 Å². The number of likely N-dealkylation sites (tertiary alicyclic amines) is 2. The van der Waals surface area contributed by atoms with Crippen molar-refractivity contribution in [1.29, 1.82) is 0 Å². The molecule has 0 bridgehead atoms. The Morgan fingerprint density at radius 3 is 1.91 bits per heavy atom. The zero-order valence-electron chi connectivity index (χ0n) is 16.3. The molecule has 2 heteroatoms. The Balaban J connectivity index is 1.79. The van der Waals surface area contributed by atoms with E-state index >= 15 is 0 Å². The minimum Gasteiger partial charge on any atom is -0.300 e. The van der Waals surface area contributed by atoms with E-state index in [1.54, 1.807) is 0 Å². The minimum atomic E-state index is 0.351. The van der Waals surface area contributed by atoms with Gasteiger partial charge >= 0.3 is 0 Å². The van der Waals surface area contributed by atoms with Crippen LogP contribution in [0.2, 0.25) is 0 Å². The molecule has 2 heterocycles. The van der Waals surface area contributed by atoms with Crippen LogP contribution < -0.4 is 0 Å². The van der Waals surface area contributed by atoms with Crippen LogP contribution in [-0.4, -0.2) is 47.6 Å². The average Bonchev–Trinajstić information content (AvgIpc) is 2.39. The molecule has 0 N–H and O–H groups in total. The second-order valence-electron chi connectivity index (χ2n) is 10.0. The van der Waals surface area contributed by atoms with Gasteiger partial charge < -0.3 is 4.90 Å². The van der Waals surface area contributed by atoms with E-state index in [-0.39, 0.29) is 0 Å². The SMILES string of the molecule is CC1CC(C(C)(C)C)CCN1CC1CCN(C(C)(C)C)CC1. The maximum atomic E-state index is 2.79. The first-order valence-corrected chi connectivity index (χ1v) is 9.56. The van der Waals surface area contributed by atoms with Crippen LogP contribution in [0.25, 0.3) is 0 Å². The summed E-state index contributed by atoms with van der Waals surface area (Å²) in [4.78, 5) is 5.46. The van der Waals surface area contributed by atoms with Crippen molar-refractivity contribution in [3.05, 3.63) is 0 Å². The Hall–Kier alpha value is -0.0800. The standard InChI is InChI=1S/C20H40N2/c1-16-14-18(19(2,3)4)10-11-21(16)15-17-8-12-22(13-9-17)20(5,6)7/h16-18H,8-15H2,1-7H3. The van der Waals surface area contributed by atoms with Gasteiger partial charge in [0.05, 0.1) is 0 Å². The maximum Gasteiger partial charge on any atom is 0.0125 e. The second-order valence-corrected chi connectivity index (χ2v) is 10.0. The number of hydrogen-bond acceptors (Lipinski definition) is 2. The maximum absolute atomic E-state index is 2.79. The van der Waals surface area contributed by atoms with E-state index in [1.165, 1.54) is 51.9 Å². The summed E-state index contributed by atoms with van der Waals surface area (Å²) in [6, 6.07) is 0.777. The Morgan fingerprint density at radius 2 is 1.45 bits per heavy atom. The molecule has 2 nitrogen and oxygen atoms in total. The Kier molecular flexibility index (Phi) is 5.65. The van der Waals surface area contributed by atoms with Crippen molar-refractivity contribution >= 4 is 0 Å². The first-order chi connectivity index (χ1) is 10.1. The quantitative estimate of drug-likeness (QED) is 0.733. The molecule has 0 saturated carbocycles. The highest BCUT2D eigenvalue weighted by Crippen LogP contribution is 2.37. The smallest absolute Gasteiger partial charge is 0.0125 e. The molecule has 2 saturated heterocycles. The van der Waals surface area contributed by atoms with Crippen LogP contribution in [-0.2, 0) is 0 Å². The molecule has 0 aromatic rings. The lowest BCUT2D eigenvalue weighted by Crippen LogP contribution is -2.50. The summed E-state index contributed by atoms with van der Waals surface area (Å²) < 4.78 is 0. The van der Waals surface area contributed by atoms with Gasteiger partial charge in [-0.15, -0.1) is 0 Å². The van der Waals surface area contributed by atoms with Crippen molar-refractivity contribution in [3.63, 3.8) is 0 Å². The summed E-state index contributed by atoms with van der Waals surface area (Å²) in [5, 5.41) is 0. The molecule has 0 radical (unpaired) electrons. The molecule has 2 rings (SSSR count). The van der Waals surface area contributed by atoms with Crippen molar-refractivity contribution in [2.75, 3.05) is 26.2 Å². The van der Waals surface area contributed by atoms with Gasteiger partial charge in [0.1, 0.15) is 0 Å². The third kappa shape index (κ3) is 4.71. The van der Waals surface area contributed by atoms with Crippen molar-refractivity contribution < 1.29 is 0 Å². The fourth-order valence-corrected chi connectivity index (χ4v) is 4.40. The molecule has 130 valence electrons. The normalized spacial score (nSPS) is 30.7. The number of hydrogen-bond donors (Lipinski definition) is 0. The molecular weight excluding hydrogens is 268 g/mol. The van der Waals surface area contributed by atoms with Crippen LogP contribution in [0.1, 0.15) is 74.1 Å². The summed E-state index contributed by atoms with van der Waals surface area (Å²) in [5.74, 6) is 1.83. The van der Waals surface area contributed by atoms with Gasteiger partial charge in [-0.25, -0.2) is 0 Å². The molecule has 2 aliphatic rings. The van der Waals surface area contributed by atoms with E-state index in [0.29, 0.717) is 11.0 Å². The van der Waals surface area contributed by atoms with Gasteiger partial charge in [0.15, 0.2) is 0 Å². The fourth-order valence-electron chi connectivity index (χ4n) is 4.40. The largest absolute Gasteiger partial charge is 0.300 e. The molecule has 0 aromatic carbocycles. The molecule has 0 aliphatic carbocycles. The van der Waals surface area contributed by atoms with E-state index in [9.17, 15) is 0 Å². The van der Waals surface area contributed by atoms with Crippen LogP contribution in [0.15, 0.2) is 0 Å². The number of rotatable bonds is 2. The molecule has 2 unspecified atom stereocenters. The molecule has 0 spiro atoms. The lowest BCUT2D eigenvalue weighted by Gasteiger charge is -2.46.